The smallest absolute Gasteiger partial charge is 0.153 e. The van der Waals surface area contributed by atoms with Gasteiger partial charge in [0, 0.05) is 10.9 Å². The van der Waals surface area contributed by atoms with E-state index in [9.17, 15) is 0 Å². The fourth-order valence-corrected chi connectivity index (χ4v) is 3.01. The third-order valence-electron chi connectivity index (χ3n) is 3.94. The van der Waals surface area contributed by atoms with Crippen LogP contribution in [0.3, 0.4) is 0 Å². The van der Waals surface area contributed by atoms with Crippen LogP contribution < -0.4 is 5.32 Å². The maximum Gasteiger partial charge on any atom is 0.153 e. The first-order chi connectivity index (χ1) is 9.58. The zero-order valence-corrected chi connectivity index (χ0v) is 13.2. The van der Waals surface area contributed by atoms with Gasteiger partial charge in [-0.05, 0) is 49.8 Å². The van der Waals surface area contributed by atoms with Crippen molar-refractivity contribution in [1.82, 2.24) is 5.32 Å². The molecule has 0 atom stereocenters. The molecule has 1 N–H and O–H groups in total. The van der Waals surface area contributed by atoms with Gasteiger partial charge >= 0.3 is 0 Å². The summed E-state index contributed by atoms with van der Waals surface area (Å²) < 4.78 is 6.10. The second-order valence-electron chi connectivity index (χ2n) is 6.31. The van der Waals surface area contributed by atoms with E-state index in [-0.39, 0.29) is 0 Å². The number of hydrogen-bond acceptors (Lipinski definition) is 2. The Kier molecular flexibility index (Phi) is 3.78. The van der Waals surface area contributed by atoms with Crippen molar-refractivity contribution in [3.8, 4) is 0 Å². The summed E-state index contributed by atoms with van der Waals surface area (Å²) in [5.41, 5.74) is 3.54. The van der Waals surface area contributed by atoms with Gasteiger partial charge in [0.15, 0.2) is 5.58 Å². The second-order valence-corrected chi connectivity index (χ2v) is 6.71. The Hall–Kier alpha value is -0.990. The molecule has 2 aromatic rings. The quantitative estimate of drug-likeness (QED) is 0.837. The minimum atomic E-state index is 0.647. The largest absolute Gasteiger partial charge is 0.458 e. The van der Waals surface area contributed by atoms with E-state index in [4.69, 9.17) is 16.0 Å². The van der Waals surface area contributed by atoms with Gasteiger partial charge < -0.3 is 9.73 Å². The lowest BCUT2D eigenvalue weighted by molar-refractivity contribution is 0.481. The molecular weight excluding hydrogens is 270 g/mol. The molecular formula is C17H22ClNO. The van der Waals surface area contributed by atoms with E-state index < -0.39 is 0 Å². The zero-order valence-electron chi connectivity index (χ0n) is 12.4. The van der Waals surface area contributed by atoms with Crippen molar-refractivity contribution < 1.29 is 4.42 Å². The predicted molar refractivity (Wildman–Crippen MR) is 84.5 cm³/mol. The summed E-state index contributed by atoms with van der Waals surface area (Å²) in [6.45, 7) is 8.39. The molecule has 0 amide bonds. The molecule has 0 aliphatic heterocycles. The van der Waals surface area contributed by atoms with Crippen molar-refractivity contribution in [2.75, 3.05) is 6.54 Å². The van der Waals surface area contributed by atoms with Crippen molar-refractivity contribution in [2.24, 2.45) is 5.92 Å². The summed E-state index contributed by atoms with van der Waals surface area (Å²) in [4.78, 5) is 0. The van der Waals surface area contributed by atoms with Crippen LogP contribution in [0.15, 0.2) is 16.5 Å². The zero-order chi connectivity index (χ0) is 14.3. The van der Waals surface area contributed by atoms with Gasteiger partial charge in [0.25, 0.3) is 0 Å². The van der Waals surface area contributed by atoms with Gasteiger partial charge in [-0.15, -0.1) is 0 Å². The standard InChI is InChI=1S/C17H22ClNO/c1-10(2)8-19-9-14-16(12-5-6-12)15-11(3)4-7-13(18)17(15)20-14/h4,7,10,12,19H,5-6,8-9H2,1-3H3. The second kappa shape index (κ2) is 5.42. The van der Waals surface area contributed by atoms with E-state index in [2.05, 4.69) is 32.2 Å². The summed E-state index contributed by atoms with van der Waals surface area (Å²) >= 11 is 6.31. The van der Waals surface area contributed by atoms with Crippen LogP contribution in [0, 0.1) is 12.8 Å². The SMILES string of the molecule is Cc1ccc(Cl)c2oc(CNCC(C)C)c(C3CC3)c12. The molecule has 2 nitrogen and oxygen atoms in total. The number of benzene rings is 1. The molecule has 3 heteroatoms. The van der Waals surface area contributed by atoms with Crippen LogP contribution in [0.4, 0.5) is 0 Å². The minimum Gasteiger partial charge on any atom is -0.458 e. The van der Waals surface area contributed by atoms with Gasteiger partial charge in [0.2, 0.25) is 0 Å². The molecule has 1 heterocycles. The first-order valence-corrected chi connectivity index (χ1v) is 7.86. The summed E-state index contributed by atoms with van der Waals surface area (Å²) in [7, 11) is 0. The van der Waals surface area contributed by atoms with E-state index >= 15 is 0 Å². The van der Waals surface area contributed by atoms with Crippen molar-refractivity contribution in [2.45, 2.75) is 46.1 Å². The van der Waals surface area contributed by atoms with Gasteiger partial charge in [-0.2, -0.15) is 0 Å². The molecule has 1 aliphatic carbocycles. The first-order valence-electron chi connectivity index (χ1n) is 7.49. The number of hydrogen-bond donors (Lipinski definition) is 1. The molecule has 1 aromatic carbocycles. The lowest BCUT2D eigenvalue weighted by Gasteiger charge is -2.07. The van der Waals surface area contributed by atoms with Gasteiger partial charge in [0.1, 0.15) is 5.76 Å². The third kappa shape index (κ3) is 2.59. The third-order valence-corrected chi connectivity index (χ3v) is 4.23. The molecule has 0 radical (unpaired) electrons. The van der Waals surface area contributed by atoms with Crippen LogP contribution in [0.25, 0.3) is 11.0 Å². The van der Waals surface area contributed by atoms with E-state index in [0.717, 1.165) is 29.5 Å². The Morgan fingerprint density at radius 2 is 2.10 bits per heavy atom. The van der Waals surface area contributed by atoms with E-state index in [1.807, 2.05) is 6.07 Å². The van der Waals surface area contributed by atoms with Crippen LogP contribution in [-0.4, -0.2) is 6.54 Å². The fraction of sp³-hybridized carbons (Fsp3) is 0.529. The minimum absolute atomic E-state index is 0.647. The van der Waals surface area contributed by atoms with Crippen LogP contribution in [0.5, 0.6) is 0 Å². The van der Waals surface area contributed by atoms with E-state index in [0.29, 0.717) is 11.8 Å². The normalized spacial score (nSPS) is 15.4. The van der Waals surface area contributed by atoms with Crippen molar-refractivity contribution >= 4 is 22.6 Å². The average Bonchev–Trinajstić information content (AvgIpc) is 3.15. The Morgan fingerprint density at radius 1 is 1.35 bits per heavy atom. The van der Waals surface area contributed by atoms with Gasteiger partial charge in [-0.25, -0.2) is 0 Å². The summed E-state index contributed by atoms with van der Waals surface area (Å²) in [6.07, 6.45) is 2.55. The maximum absolute atomic E-state index is 6.31. The predicted octanol–water partition coefficient (Wildman–Crippen LogP) is 5.02. The van der Waals surface area contributed by atoms with Crippen molar-refractivity contribution in [3.05, 3.63) is 34.0 Å². The van der Waals surface area contributed by atoms with Gasteiger partial charge in [-0.3, -0.25) is 0 Å². The Morgan fingerprint density at radius 3 is 2.75 bits per heavy atom. The van der Waals surface area contributed by atoms with Crippen LogP contribution in [0.2, 0.25) is 5.02 Å². The Balaban J connectivity index is 2.00. The summed E-state index contributed by atoms with van der Waals surface area (Å²) in [6, 6.07) is 4.03. The number of furan rings is 1. The van der Waals surface area contributed by atoms with E-state index in [1.165, 1.54) is 29.4 Å². The molecule has 1 aromatic heterocycles. The number of halogens is 1. The number of fused-ring (bicyclic) bond motifs is 1. The number of nitrogens with one attached hydrogen (secondary N) is 1. The van der Waals surface area contributed by atoms with Crippen LogP contribution in [0.1, 0.15) is 49.5 Å². The number of aryl methyl sites for hydroxylation is 1. The topological polar surface area (TPSA) is 25.2 Å². The monoisotopic (exact) mass is 291 g/mol. The van der Waals surface area contributed by atoms with Crippen molar-refractivity contribution in [3.63, 3.8) is 0 Å². The molecule has 1 aliphatic rings. The highest BCUT2D eigenvalue weighted by Crippen LogP contribution is 2.48. The Labute approximate surface area is 125 Å². The molecule has 1 fully saturated rings. The fourth-order valence-electron chi connectivity index (χ4n) is 2.82. The van der Waals surface area contributed by atoms with Crippen LogP contribution >= 0.6 is 11.6 Å². The summed E-state index contributed by atoms with van der Waals surface area (Å²) in [5.74, 6) is 2.40. The highest BCUT2D eigenvalue weighted by molar-refractivity contribution is 6.35. The van der Waals surface area contributed by atoms with Crippen molar-refractivity contribution in [1.29, 1.82) is 0 Å². The molecule has 1 saturated carbocycles. The maximum atomic E-state index is 6.31. The lowest BCUT2D eigenvalue weighted by Crippen LogP contribution is -2.19. The molecule has 0 bridgehead atoms. The molecule has 3 rings (SSSR count). The van der Waals surface area contributed by atoms with Gasteiger partial charge in [-0.1, -0.05) is 31.5 Å². The average molecular weight is 292 g/mol. The lowest BCUT2D eigenvalue weighted by atomic mass is 10.0. The molecule has 20 heavy (non-hydrogen) atoms. The molecule has 0 saturated heterocycles. The number of rotatable bonds is 5. The Bertz CT molecular complexity index is 625. The van der Waals surface area contributed by atoms with E-state index in [1.54, 1.807) is 0 Å². The first kappa shape index (κ1) is 14.0. The van der Waals surface area contributed by atoms with Crippen LogP contribution in [-0.2, 0) is 6.54 Å². The summed E-state index contributed by atoms with van der Waals surface area (Å²) in [5, 5.41) is 5.46. The molecule has 108 valence electrons. The highest BCUT2D eigenvalue weighted by Gasteiger charge is 2.31. The highest BCUT2D eigenvalue weighted by atomic mass is 35.5. The molecule has 0 spiro atoms. The molecule has 0 unspecified atom stereocenters. The van der Waals surface area contributed by atoms with Gasteiger partial charge in [0.05, 0.1) is 11.6 Å².